The topological polar surface area (TPSA) is 176 Å². The van der Waals surface area contributed by atoms with Gasteiger partial charge in [0.1, 0.15) is 6.54 Å². The zero-order chi connectivity index (χ0) is 25.9. The number of alkyl halides is 3. The molecule has 0 saturated carbocycles. The molecule has 186 valence electrons. The summed E-state index contributed by atoms with van der Waals surface area (Å²) in [4.78, 5) is 44.8. The molecule has 2 rings (SSSR count). The highest BCUT2D eigenvalue weighted by Gasteiger charge is 2.38. The SMILES string of the molecule is CCC(=O)N(CC(=O)O)c1cc(CNC(=O)[C@@H](N)Cc2ccccc2)on1.O=C(O)C(F)(F)F. The molecule has 1 heterocycles. The molecule has 0 saturated heterocycles. The number of carboxylic acids is 2. The Kier molecular flexibility index (Phi) is 10.7. The molecule has 2 aromatic rings. The fraction of sp³-hybridized carbons (Fsp3) is 0.350. The summed E-state index contributed by atoms with van der Waals surface area (Å²) in [6.07, 6.45) is -4.56. The van der Waals surface area contributed by atoms with Gasteiger partial charge in [0, 0.05) is 12.5 Å². The lowest BCUT2D eigenvalue weighted by Crippen LogP contribution is -2.41. The number of anilines is 1. The highest BCUT2D eigenvalue weighted by atomic mass is 19.4. The van der Waals surface area contributed by atoms with Crippen LogP contribution in [0.5, 0.6) is 0 Å². The van der Waals surface area contributed by atoms with E-state index >= 15 is 0 Å². The lowest BCUT2D eigenvalue weighted by Gasteiger charge is -2.15. The smallest absolute Gasteiger partial charge is 0.480 e. The number of aromatic nitrogens is 1. The van der Waals surface area contributed by atoms with E-state index in [-0.39, 0.29) is 30.5 Å². The van der Waals surface area contributed by atoms with Crippen LogP contribution in [0.15, 0.2) is 40.9 Å². The van der Waals surface area contributed by atoms with Crippen molar-refractivity contribution >= 4 is 29.6 Å². The third kappa shape index (κ3) is 9.68. The van der Waals surface area contributed by atoms with E-state index in [2.05, 4.69) is 10.5 Å². The third-order valence-corrected chi connectivity index (χ3v) is 4.03. The van der Waals surface area contributed by atoms with Gasteiger partial charge in [0.25, 0.3) is 0 Å². The zero-order valence-electron chi connectivity index (χ0n) is 17.9. The van der Waals surface area contributed by atoms with Crippen molar-refractivity contribution in [2.75, 3.05) is 11.4 Å². The number of carboxylic acid groups (broad SMARTS) is 2. The van der Waals surface area contributed by atoms with Gasteiger partial charge in [-0.2, -0.15) is 13.2 Å². The second-order valence-corrected chi connectivity index (χ2v) is 6.70. The summed E-state index contributed by atoms with van der Waals surface area (Å²) in [6, 6.07) is 10.1. The van der Waals surface area contributed by atoms with E-state index in [9.17, 15) is 27.6 Å². The van der Waals surface area contributed by atoms with Gasteiger partial charge in [-0.15, -0.1) is 0 Å². The van der Waals surface area contributed by atoms with Crippen molar-refractivity contribution in [2.45, 2.75) is 38.5 Å². The molecule has 1 atom stereocenters. The van der Waals surface area contributed by atoms with E-state index in [1.807, 2.05) is 30.3 Å². The first kappa shape index (κ1) is 28.1. The molecular formula is C20H23F3N4O7. The second-order valence-electron chi connectivity index (χ2n) is 6.70. The van der Waals surface area contributed by atoms with Gasteiger partial charge in [0.05, 0.1) is 12.6 Å². The fourth-order valence-corrected chi connectivity index (χ4v) is 2.40. The molecule has 0 radical (unpaired) electrons. The Hall–Kier alpha value is -3.94. The van der Waals surface area contributed by atoms with E-state index in [1.54, 1.807) is 6.92 Å². The Labute approximate surface area is 191 Å². The van der Waals surface area contributed by atoms with Crippen molar-refractivity contribution in [3.63, 3.8) is 0 Å². The summed E-state index contributed by atoms with van der Waals surface area (Å²) in [5, 5.41) is 22.4. The molecule has 0 aliphatic rings. The van der Waals surface area contributed by atoms with Gasteiger partial charge in [-0.25, -0.2) is 4.79 Å². The fourth-order valence-electron chi connectivity index (χ4n) is 2.40. The van der Waals surface area contributed by atoms with Gasteiger partial charge in [-0.1, -0.05) is 42.4 Å². The van der Waals surface area contributed by atoms with Crippen LogP contribution in [0.25, 0.3) is 0 Å². The number of rotatable bonds is 9. The maximum atomic E-state index is 12.1. The Bertz CT molecular complexity index is 980. The minimum Gasteiger partial charge on any atom is -0.480 e. The van der Waals surface area contributed by atoms with Crippen LogP contribution >= 0.6 is 0 Å². The van der Waals surface area contributed by atoms with Crippen LogP contribution in [-0.2, 0) is 32.1 Å². The van der Waals surface area contributed by atoms with Gasteiger partial charge in [0.2, 0.25) is 11.8 Å². The van der Waals surface area contributed by atoms with E-state index in [0.29, 0.717) is 6.42 Å². The second kappa shape index (κ2) is 12.9. The van der Waals surface area contributed by atoms with Crippen molar-refractivity contribution in [3.05, 3.63) is 47.7 Å². The molecule has 11 nitrogen and oxygen atoms in total. The summed E-state index contributed by atoms with van der Waals surface area (Å²) in [5.74, 6) is -4.31. The number of benzene rings is 1. The van der Waals surface area contributed by atoms with Gasteiger partial charge >= 0.3 is 18.1 Å². The number of carbonyl (C=O) groups is 4. The molecule has 0 aliphatic carbocycles. The summed E-state index contributed by atoms with van der Waals surface area (Å²) in [6.45, 7) is 1.12. The van der Waals surface area contributed by atoms with Gasteiger partial charge in [-0.05, 0) is 12.0 Å². The quantitative estimate of drug-likeness (QED) is 0.405. The highest BCUT2D eigenvalue weighted by molar-refractivity contribution is 5.96. The predicted molar refractivity (Wildman–Crippen MR) is 110 cm³/mol. The molecule has 1 aromatic heterocycles. The first-order valence-corrected chi connectivity index (χ1v) is 9.70. The summed E-state index contributed by atoms with van der Waals surface area (Å²) in [5.41, 5.74) is 6.85. The number of halogens is 3. The van der Waals surface area contributed by atoms with Crippen LogP contribution < -0.4 is 16.0 Å². The van der Waals surface area contributed by atoms with Crippen LogP contribution in [0, 0.1) is 0 Å². The molecular weight excluding hydrogens is 465 g/mol. The van der Waals surface area contributed by atoms with Crippen LogP contribution in [0.1, 0.15) is 24.7 Å². The highest BCUT2D eigenvalue weighted by Crippen LogP contribution is 2.16. The van der Waals surface area contributed by atoms with Crippen molar-refractivity contribution in [2.24, 2.45) is 5.73 Å². The third-order valence-electron chi connectivity index (χ3n) is 4.03. The number of aliphatic carboxylic acids is 2. The number of nitrogens with two attached hydrogens (primary N) is 1. The number of hydrogen-bond acceptors (Lipinski definition) is 7. The maximum absolute atomic E-state index is 12.1. The number of amides is 2. The van der Waals surface area contributed by atoms with E-state index in [1.165, 1.54) is 6.07 Å². The number of nitrogens with one attached hydrogen (secondary N) is 1. The average molecular weight is 488 g/mol. The number of carbonyl (C=O) groups excluding carboxylic acids is 2. The van der Waals surface area contributed by atoms with Crippen molar-refractivity contribution in [1.82, 2.24) is 10.5 Å². The number of hydrogen-bond donors (Lipinski definition) is 4. The first-order valence-electron chi connectivity index (χ1n) is 9.70. The zero-order valence-corrected chi connectivity index (χ0v) is 17.9. The van der Waals surface area contributed by atoms with Gasteiger partial charge in [-0.3, -0.25) is 19.3 Å². The minimum atomic E-state index is -5.08. The molecule has 0 bridgehead atoms. The van der Waals surface area contributed by atoms with Crippen LogP contribution in [0.3, 0.4) is 0 Å². The summed E-state index contributed by atoms with van der Waals surface area (Å²) >= 11 is 0. The molecule has 0 fully saturated rings. The van der Waals surface area contributed by atoms with Crippen LogP contribution in [-0.4, -0.2) is 57.9 Å². The molecule has 2 amide bonds. The molecule has 14 heteroatoms. The normalized spacial score (nSPS) is 11.6. The molecule has 0 spiro atoms. The van der Waals surface area contributed by atoms with Crippen molar-refractivity contribution < 1.29 is 47.1 Å². The standard InChI is InChI=1S/C18H22N4O5.C2HF3O2/c1-2-16(23)22(11-17(24)25)15-9-13(27-21-15)10-20-18(26)14(19)8-12-6-4-3-5-7-12;3-2(4,5)1(6)7/h3-7,9,14H,2,8,10-11,19H2,1H3,(H,20,26)(H,24,25);(H,6,7)/t14-;/m0./s1. The maximum Gasteiger partial charge on any atom is 0.490 e. The van der Waals surface area contributed by atoms with Gasteiger partial charge in [0.15, 0.2) is 11.6 Å². The van der Waals surface area contributed by atoms with Crippen molar-refractivity contribution in [1.29, 1.82) is 0 Å². The van der Waals surface area contributed by atoms with Gasteiger partial charge < -0.3 is 25.8 Å². The van der Waals surface area contributed by atoms with Crippen LogP contribution in [0.2, 0.25) is 0 Å². The summed E-state index contributed by atoms with van der Waals surface area (Å²) < 4.78 is 36.8. The molecule has 1 aromatic carbocycles. The Morgan fingerprint density at radius 1 is 1.18 bits per heavy atom. The molecule has 0 aliphatic heterocycles. The van der Waals surface area contributed by atoms with Crippen molar-refractivity contribution in [3.8, 4) is 0 Å². The Morgan fingerprint density at radius 3 is 2.26 bits per heavy atom. The minimum absolute atomic E-state index is 0.0234. The molecule has 0 unspecified atom stereocenters. The molecule has 34 heavy (non-hydrogen) atoms. The van der Waals surface area contributed by atoms with E-state index in [4.69, 9.17) is 25.3 Å². The first-order chi connectivity index (χ1) is 15.8. The number of nitrogens with zero attached hydrogens (tertiary/aromatic N) is 2. The Balaban J connectivity index is 0.000000718. The van der Waals surface area contributed by atoms with E-state index < -0.39 is 36.6 Å². The lowest BCUT2D eigenvalue weighted by molar-refractivity contribution is -0.192. The largest absolute Gasteiger partial charge is 0.490 e. The monoisotopic (exact) mass is 488 g/mol. The Morgan fingerprint density at radius 2 is 1.76 bits per heavy atom. The average Bonchev–Trinajstić information content (AvgIpc) is 3.24. The van der Waals surface area contributed by atoms with Crippen LogP contribution in [0.4, 0.5) is 19.0 Å². The van der Waals surface area contributed by atoms with E-state index in [0.717, 1.165) is 10.5 Å². The molecule has 5 N–H and O–H groups in total. The summed E-state index contributed by atoms with van der Waals surface area (Å²) in [7, 11) is 0. The lowest BCUT2D eigenvalue weighted by atomic mass is 10.1. The predicted octanol–water partition coefficient (Wildman–Crippen LogP) is 1.32.